The van der Waals surface area contributed by atoms with E-state index in [0.717, 1.165) is 63.0 Å². The van der Waals surface area contributed by atoms with Gasteiger partial charge in [-0.3, -0.25) is 4.79 Å². The van der Waals surface area contributed by atoms with Crippen molar-refractivity contribution in [2.75, 3.05) is 31.1 Å². The van der Waals surface area contributed by atoms with Crippen LogP contribution in [0.15, 0.2) is 24.3 Å². The molecule has 4 nitrogen and oxygen atoms in total. The summed E-state index contributed by atoms with van der Waals surface area (Å²) in [6, 6.07) is 7.39. The van der Waals surface area contributed by atoms with Crippen molar-refractivity contribution in [3.05, 3.63) is 24.3 Å². The highest BCUT2D eigenvalue weighted by Crippen LogP contribution is 2.64. The van der Waals surface area contributed by atoms with Gasteiger partial charge >= 0.3 is 0 Å². The maximum absolute atomic E-state index is 13.5. The number of carbonyl (C=O) groups excluding carboxylic acids is 1. The van der Waals surface area contributed by atoms with E-state index in [0.29, 0.717) is 11.7 Å². The molecule has 5 aliphatic rings. The fourth-order valence-electron chi connectivity index (χ4n) is 6.57. The third-order valence-corrected chi connectivity index (χ3v) is 8.15. The molecule has 1 amide bonds. The van der Waals surface area contributed by atoms with Crippen LogP contribution < -0.4 is 4.90 Å². The van der Waals surface area contributed by atoms with Gasteiger partial charge in [-0.2, -0.15) is 0 Å². The highest BCUT2D eigenvalue weighted by Gasteiger charge is 2.60. The Kier molecular flexibility index (Phi) is 3.83. The summed E-state index contributed by atoms with van der Waals surface area (Å²) in [6.45, 7) is 3.37. The molecule has 5 fully saturated rings. The van der Waals surface area contributed by atoms with Crippen molar-refractivity contribution in [1.82, 2.24) is 4.90 Å². The normalized spacial score (nSPS) is 38.7. The van der Waals surface area contributed by atoms with Crippen LogP contribution in [0.1, 0.15) is 38.5 Å². The molecular weight excluding hydrogens is 392 g/mol. The Hall–Kier alpha value is -1.23. The molecule has 4 saturated carbocycles. The lowest BCUT2D eigenvalue weighted by Crippen LogP contribution is -2.61. The van der Waals surface area contributed by atoms with Crippen LogP contribution in [0.25, 0.3) is 0 Å². The van der Waals surface area contributed by atoms with E-state index in [9.17, 15) is 9.90 Å². The van der Waals surface area contributed by atoms with Crippen molar-refractivity contribution in [3.63, 3.8) is 0 Å². The first kappa shape index (κ1) is 16.9. The molecule has 2 unspecified atom stereocenters. The number of rotatable bonds is 2. The van der Waals surface area contributed by atoms with Crippen LogP contribution in [-0.4, -0.2) is 46.4 Å². The average Bonchev–Trinajstić information content (AvgIpc) is 2.60. The van der Waals surface area contributed by atoms with Gasteiger partial charge < -0.3 is 14.9 Å². The van der Waals surface area contributed by atoms with E-state index in [-0.39, 0.29) is 9.74 Å². The minimum atomic E-state index is -0.0890. The highest BCUT2D eigenvalue weighted by molar-refractivity contribution is 9.10. The average molecular weight is 419 g/mol. The zero-order valence-electron chi connectivity index (χ0n) is 15.2. The number of alkyl halides is 1. The lowest BCUT2D eigenvalue weighted by atomic mass is 9.49. The summed E-state index contributed by atoms with van der Waals surface area (Å²) in [5.41, 5.74) is 1.04. The molecule has 0 radical (unpaired) electrons. The standard InChI is InChI=1S/C21H27BrN2O2/c22-21-12-15-9-16(13-21)11-20(10-15,14-21)19(26)24-7-5-23(6-8-24)17-1-3-18(25)4-2-17/h1-4,15-16,25H,5-14H2/t15-,16+,20?,21?. The predicted octanol–water partition coefficient (Wildman–Crippen LogP) is 3.77. The Morgan fingerprint density at radius 2 is 1.62 bits per heavy atom. The SMILES string of the molecule is O=C(N1CCN(c2ccc(O)cc2)CC1)C12C[C@@H]3C[C@@H](CC(Br)(C3)C1)C2. The summed E-state index contributed by atoms with van der Waals surface area (Å²) in [4.78, 5) is 18.0. The van der Waals surface area contributed by atoms with Gasteiger partial charge in [0.05, 0.1) is 5.41 Å². The van der Waals surface area contributed by atoms with Crippen LogP contribution in [0, 0.1) is 17.3 Å². The van der Waals surface area contributed by atoms with Gasteiger partial charge in [0.1, 0.15) is 5.75 Å². The van der Waals surface area contributed by atoms with Crippen molar-refractivity contribution >= 4 is 27.5 Å². The Morgan fingerprint density at radius 3 is 2.19 bits per heavy atom. The second-order valence-corrected chi connectivity index (χ2v) is 10.9. The molecule has 4 atom stereocenters. The van der Waals surface area contributed by atoms with Gasteiger partial charge in [-0.05, 0) is 74.6 Å². The van der Waals surface area contributed by atoms with Gasteiger partial charge in [-0.25, -0.2) is 0 Å². The van der Waals surface area contributed by atoms with Crippen molar-refractivity contribution in [2.24, 2.45) is 17.3 Å². The Morgan fingerprint density at radius 1 is 1.00 bits per heavy atom. The van der Waals surface area contributed by atoms with Gasteiger partial charge in [-0.1, -0.05) is 15.9 Å². The van der Waals surface area contributed by atoms with E-state index in [1.165, 1.54) is 19.3 Å². The molecule has 1 aliphatic heterocycles. The molecule has 1 heterocycles. The minimum absolute atomic E-state index is 0.0890. The third-order valence-electron chi connectivity index (χ3n) is 7.23. The van der Waals surface area contributed by atoms with Crippen molar-refractivity contribution in [1.29, 1.82) is 0 Å². The van der Waals surface area contributed by atoms with Crippen LogP contribution >= 0.6 is 15.9 Å². The summed E-state index contributed by atoms with van der Waals surface area (Å²) < 4.78 is 0.237. The fraction of sp³-hybridized carbons (Fsp3) is 0.667. The van der Waals surface area contributed by atoms with Crippen LogP contribution in [-0.2, 0) is 4.79 Å². The number of phenolic OH excluding ortho intramolecular Hbond substituents is 1. The molecule has 0 aromatic heterocycles. The largest absolute Gasteiger partial charge is 0.508 e. The predicted molar refractivity (Wildman–Crippen MR) is 106 cm³/mol. The summed E-state index contributed by atoms with van der Waals surface area (Å²) >= 11 is 4.03. The second-order valence-electron chi connectivity index (χ2n) is 9.19. The first-order valence-corrected chi connectivity index (χ1v) is 10.8. The number of benzene rings is 1. The molecule has 140 valence electrons. The number of carbonyl (C=O) groups is 1. The lowest BCUT2D eigenvalue weighted by Gasteiger charge is -2.60. The maximum atomic E-state index is 13.5. The fourth-order valence-corrected chi connectivity index (χ4v) is 8.02. The first-order chi connectivity index (χ1) is 12.4. The number of amides is 1. The van der Waals surface area contributed by atoms with Gasteiger partial charge in [-0.15, -0.1) is 0 Å². The number of halogens is 1. The van der Waals surface area contributed by atoms with Crippen LogP contribution in [0.2, 0.25) is 0 Å². The Balaban J connectivity index is 1.28. The molecule has 1 aromatic rings. The van der Waals surface area contributed by atoms with Crippen molar-refractivity contribution < 1.29 is 9.90 Å². The highest BCUT2D eigenvalue weighted by atomic mass is 79.9. The Bertz CT molecular complexity index is 697. The molecule has 1 saturated heterocycles. The summed E-state index contributed by atoms with van der Waals surface area (Å²) in [6.07, 6.45) is 7.17. The molecule has 5 heteroatoms. The van der Waals surface area contributed by atoms with E-state index in [1.54, 1.807) is 12.1 Å². The number of aromatic hydroxyl groups is 1. The number of hydrogen-bond donors (Lipinski definition) is 1. The molecular formula is C21H27BrN2O2. The number of piperazine rings is 1. The van der Waals surface area contributed by atoms with Gasteiger partial charge in [0.2, 0.25) is 5.91 Å². The van der Waals surface area contributed by atoms with Crippen molar-refractivity contribution in [2.45, 2.75) is 42.8 Å². The monoisotopic (exact) mass is 418 g/mol. The molecule has 4 bridgehead atoms. The number of anilines is 1. The van der Waals surface area contributed by atoms with Crippen LogP contribution in [0.3, 0.4) is 0 Å². The van der Waals surface area contributed by atoms with E-state index in [1.807, 2.05) is 12.1 Å². The molecule has 1 N–H and O–H groups in total. The van der Waals surface area contributed by atoms with E-state index in [4.69, 9.17) is 0 Å². The van der Waals surface area contributed by atoms with Crippen LogP contribution in [0.5, 0.6) is 5.75 Å². The Labute approximate surface area is 163 Å². The zero-order valence-corrected chi connectivity index (χ0v) is 16.7. The van der Waals surface area contributed by atoms with Crippen molar-refractivity contribution in [3.8, 4) is 5.75 Å². The van der Waals surface area contributed by atoms with E-state index >= 15 is 0 Å². The molecule has 26 heavy (non-hydrogen) atoms. The number of phenols is 1. The van der Waals surface area contributed by atoms with E-state index < -0.39 is 0 Å². The third kappa shape index (κ3) is 2.74. The molecule has 0 spiro atoms. The first-order valence-electron chi connectivity index (χ1n) is 9.97. The van der Waals surface area contributed by atoms with E-state index in [2.05, 4.69) is 25.7 Å². The number of hydrogen-bond acceptors (Lipinski definition) is 3. The van der Waals surface area contributed by atoms with Crippen LogP contribution in [0.4, 0.5) is 5.69 Å². The summed E-state index contributed by atoms with van der Waals surface area (Å²) in [7, 11) is 0. The van der Waals surface area contributed by atoms with Gasteiger partial charge in [0, 0.05) is 36.2 Å². The minimum Gasteiger partial charge on any atom is -0.508 e. The maximum Gasteiger partial charge on any atom is 0.228 e. The summed E-state index contributed by atoms with van der Waals surface area (Å²) in [5.74, 6) is 2.23. The molecule has 6 rings (SSSR count). The summed E-state index contributed by atoms with van der Waals surface area (Å²) in [5, 5.41) is 9.47. The molecule has 4 aliphatic carbocycles. The topological polar surface area (TPSA) is 43.8 Å². The quantitative estimate of drug-likeness (QED) is 0.743. The smallest absolute Gasteiger partial charge is 0.228 e. The molecule has 1 aromatic carbocycles. The van der Waals surface area contributed by atoms with Gasteiger partial charge in [0.15, 0.2) is 0 Å². The lowest BCUT2D eigenvalue weighted by molar-refractivity contribution is -0.155. The number of nitrogens with zero attached hydrogens (tertiary/aromatic N) is 2. The zero-order chi connectivity index (χ0) is 17.9. The van der Waals surface area contributed by atoms with Gasteiger partial charge in [0.25, 0.3) is 0 Å². The second kappa shape index (κ2) is 5.88.